The van der Waals surface area contributed by atoms with Crippen molar-refractivity contribution in [2.24, 2.45) is 22.7 Å². The number of methoxy groups -OCH3 is 1. The largest absolute Gasteiger partial charge is 0.389 e. The van der Waals surface area contributed by atoms with E-state index in [0.29, 0.717) is 22.7 Å². The summed E-state index contributed by atoms with van der Waals surface area (Å²) >= 11 is 6.77. The molecule has 1 aromatic carbocycles. The predicted molar refractivity (Wildman–Crippen MR) is 129 cm³/mol. The van der Waals surface area contributed by atoms with Gasteiger partial charge in [-0.2, -0.15) is 10.2 Å². The molecule has 8 rings (SSSR count). The van der Waals surface area contributed by atoms with Crippen LogP contribution in [0.1, 0.15) is 39.0 Å². The molecule has 34 heavy (non-hydrogen) atoms. The van der Waals surface area contributed by atoms with Crippen LogP contribution >= 0.6 is 11.6 Å². The van der Waals surface area contributed by atoms with Crippen LogP contribution in [0.4, 0.5) is 5.69 Å². The Bertz CT molecular complexity index is 1350. The van der Waals surface area contributed by atoms with Gasteiger partial charge in [0.25, 0.3) is 0 Å². The van der Waals surface area contributed by atoms with Crippen molar-refractivity contribution in [1.82, 2.24) is 19.6 Å². The van der Waals surface area contributed by atoms with Crippen molar-refractivity contribution in [3.05, 3.63) is 35.7 Å². The maximum atomic E-state index is 10.9. The minimum atomic E-state index is -0.563. The first-order valence-electron chi connectivity index (χ1n) is 12.5. The van der Waals surface area contributed by atoms with Crippen molar-refractivity contribution in [3.63, 3.8) is 0 Å². The molecule has 4 aliphatic carbocycles. The van der Waals surface area contributed by atoms with Gasteiger partial charge in [0, 0.05) is 48.3 Å². The van der Waals surface area contributed by atoms with Crippen molar-refractivity contribution in [3.8, 4) is 5.69 Å². The van der Waals surface area contributed by atoms with Crippen molar-refractivity contribution in [1.29, 1.82) is 0 Å². The number of rotatable bonds is 5. The highest BCUT2D eigenvalue weighted by molar-refractivity contribution is 6.34. The molecule has 4 saturated carbocycles. The van der Waals surface area contributed by atoms with E-state index in [1.165, 1.54) is 19.3 Å². The number of hydrogen-bond acceptors (Lipinski definition) is 5. The zero-order chi connectivity index (χ0) is 23.1. The van der Waals surface area contributed by atoms with E-state index in [9.17, 15) is 5.11 Å². The third-order valence-corrected chi connectivity index (χ3v) is 10.9. The van der Waals surface area contributed by atoms with Crippen LogP contribution < -0.4 is 4.90 Å². The molecule has 5 fully saturated rings. The number of benzene rings is 1. The molecule has 2 aromatic heterocycles. The fourth-order valence-corrected chi connectivity index (χ4v) is 8.82. The molecular formula is C26H30ClN5O2. The molecule has 4 unspecified atom stereocenters. The molecule has 7 nitrogen and oxygen atoms in total. The highest BCUT2D eigenvalue weighted by Gasteiger charge is 2.97. The van der Waals surface area contributed by atoms with Gasteiger partial charge in [-0.1, -0.05) is 11.6 Å². The van der Waals surface area contributed by atoms with Gasteiger partial charge in [0.15, 0.2) is 0 Å². The normalized spacial score (nSPS) is 41.4. The van der Waals surface area contributed by atoms with Crippen LogP contribution in [0, 0.1) is 22.7 Å². The van der Waals surface area contributed by atoms with Crippen molar-refractivity contribution >= 4 is 28.2 Å². The second-order valence-electron chi connectivity index (χ2n) is 12.0. The maximum absolute atomic E-state index is 10.9. The van der Waals surface area contributed by atoms with E-state index < -0.39 is 5.60 Å². The van der Waals surface area contributed by atoms with Crippen molar-refractivity contribution in [2.75, 3.05) is 31.7 Å². The Hall–Kier alpha value is -2.09. The highest BCUT2D eigenvalue weighted by atomic mass is 35.5. The van der Waals surface area contributed by atoms with Crippen LogP contribution in [-0.2, 0) is 10.3 Å². The lowest BCUT2D eigenvalue weighted by Gasteiger charge is -2.43. The molecule has 1 saturated heterocycles. The Morgan fingerprint density at radius 2 is 1.91 bits per heavy atom. The summed E-state index contributed by atoms with van der Waals surface area (Å²) in [7, 11) is 1.82. The van der Waals surface area contributed by atoms with Gasteiger partial charge < -0.3 is 14.7 Å². The molecule has 0 radical (unpaired) electrons. The number of halogens is 1. The Balaban J connectivity index is 1.12. The van der Waals surface area contributed by atoms with Crippen molar-refractivity contribution in [2.45, 2.75) is 50.2 Å². The van der Waals surface area contributed by atoms with Crippen LogP contribution in [0.2, 0.25) is 5.02 Å². The predicted octanol–water partition coefficient (Wildman–Crippen LogP) is 4.00. The standard InChI is InChI=1S/C26H30ClN5O2/c1-23(33)17-3-4-18(23)10-30(9-17)22-6-21-16(5-20(22)27)7-29-32(21)19-8-28-31(11-19)26-13-24(15-34-2)12-25(24,26)14-26/h5-8,11,17-18,33H,3-4,9-10,12-15H2,1-2H3/t17-,18+,23?,24?,25?,26?. The molecule has 3 aromatic rings. The number of aliphatic hydroxyl groups is 1. The first kappa shape index (κ1) is 20.1. The molecule has 1 spiro atoms. The number of aromatic nitrogens is 4. The summed E-state index contributed by atoms with van der Waals surface area (Å²) < 4.78 is 9.70. The van der Waals surface area contributed by atoms with Crippen LogP contribution in [-0.4, -0.2) is 57.1 Å². The first-order chi connectivity index (χ1) is 16.3. The Morgan fingerprint density at radius 1 is 1.12 bits per heavy atom. The number of fused-ring (bicyclic) bond motifs is 3. The van der Waals surface area contributed by atoms with E-state index in [0.717, 1.165) is 59.8 Å². The topological polar surface area (TPSA) is 68.3 Å². The molecule has 0 amide bonds. The molecule has 1 N–H and O–H groups in total. The Labute approximate surface area is 203 Å². The van der Waals surface area contributed by atoms with E-state index in [1.807, 2.05) is 37.2 Å². The average Bonchev–Trinajstić information content (AvgIpc) is 3.20. The minimum absolute atomic E-state index is 0.200. The van der Waals surface area contributed by atoms with Gasteiger partial charge in [-0.05, 0) is 51.2 Å². The van der Waals surface area contributed by atoms with E-state index in [-0.39, 0.29) is 5.54 Å². The number of ether oxygens (including phenoxy) is 1. The van der Waals surface area contributed by atoms with E-state index in [4.69, 9.17) is 26.5 Å². The van der Waals surface area contributed by atoms with Gasteiger partial charge in [0.1, 0.15) is 5.69 Å². The van der Waals surface area contributed by atoms with E-state index in [1.54, 1.807) is 0 Å². The summed E-state index contributed by atoms with van der Waals surface area (Å²) in [5, 5.41) is 22.2. The smallest absolute Gasteiger partial charge is 0.103 e. The second-order valence-corrected chi connectivity index (χ2v) is 12.4. The van der Waals surface area contributed by atoms with Gasteiger partial charge in [0.05, 0.1) is 52.6 Å². The monoisotopic (exact) mass is 479 g/mol. The first-order valence-corrected chi connectivity index (χ1v) is 12.9. The maximum Gasteiger partial charge on any atom is 0.103 e. The van der Waals surface area contributed by atoms with Gasteiger partial charge >= 0.3 is 0 Å². The van der Waals surface area contributed by atoms with Gasteiger partial charge in [0.2, 0.25) is 0 Å². The Morgan fingerprint density at radius 3 is 2.65 bits per heavy atom. The SMILES string of the molecule is COCC12CC3(n4cc(-n5ncc6cc(Cl)c(N7C[C@H]8CC[C@@H](C7)C8(C)O)cc65)cn4)CC13C2. The summed E-state index contributed by atoms with van der Waals surface area (Å²) in [5.41, 5.74) is 3.55. The molecular weight excluding hydrogens is 450 g/mol. The molecule has 6 atom stereocenters. The molecule has 178 valence electrons. The van der Waals surface area contributed by atoms with Crippen LogP contribution in [0.5, 0.6) is 0 Å². The van der Waals surface area contributed by atoms with Gasteiger partial charge in [-0.3, -0.25) is 4.68 Å². The summed E-state index contributed by atoms with van der Waals surface area (Å²) in [4.78, 5) is 2.37. The fraction of sp³-hybridized carbons (Fsp3) is 0.615. The van der Waals surface area contributed by atoms with E-state index in [2.05, 4.69) is 21.8 Å². The molecule has 8 heteroatoms. The average molecular weight is 480 g/mol. The van der Waals surface area contributed by atoms with Crippen LogP contribution in [0.25, 0.3) is 16.6 Å². The molecule has 3 heterocycles. The molecule has 1 aliphatic heterocycles. The minimum Gasteiger partial charge on any atom is -0.389 e. The number of hydrogen-bond donors (Lipinski definition) is 1. The summed E-state index contributed by atoms with van der Waals surface area (Å²) in [6, 6.07) is 4.20. The molecule has 5 aliphatic rings. The summed E-state index contributed by atoms with van der Waals surface area (Å²) in [6.45, 7) is 4.57. The zero-order valence-electron chi connectivity index (χ0n) is 19.7. The highest BCUT2D eigenvalue weighted by Crippen LogP contribution is 2.98. The number of nitrogens with zero attached hydrogens (tertiary/aromatic N) is 5. The summed E-state index contributed by atoms with van der Waals surface area (Å²) in [5.74, 6) is 0.586. The van der Waals surface area contributed by atoms with Crippen LogP contribution in [0.3, 0.4) is 0 Å². The van der Waals surface area contributed by atoms with Gasteiger partial charge in [-0.25, -0.2) is 4.68 Å². The van der Waals surface area contributed by atoms with Crippen molar-refractivity contribution < 1.29 is 9.84 Å². The lowest BCUT2D eigenvalue weighted by molar-refractivity contribution is -0.0271. The lowest BCUT2D eigenvalue weighted by atomic mass is 9.80. The number of anilines is 1. The van der Waals surface area contributed by atoms with Crippen LogP contribution in [0.15, 0.2) is 30.7 Å². The van der Waals surface area contributed by atoms with Gasteiger partial charge in [-0.15, -0.1) is 0 Å². The van der Waals surface area contributed by atoms with E-state index >= 15 is 0 Å². The fourth-order valence-electron chi connectivity index (χ4n) is 8.53. The zero-order valence-corrected chi connectivity index (χ0v) is 20.4. The summed E-state index contributed by atoms with van der Waals surface area (Å²) in [6.07, 6.45) is 11.8. The molecule has 2 bridgehead atoms. The Kier molecular flexibility index (Phi) is 3.55. The quantitative estimate of drug-likeness (QED) is 0.599. The number of piperidine rings is 1. The lowest BCUT2D eigenvalue weighted by Crippen LogP contribution is -2.52. The second kappa shape index (κ2) is 6.00. The third kappa shape index (κ3) is 2.19. The third-order valence-electron chi connectivity index (χ3n) is 10.6.